The molecule has 1 amide bonds. The molecular weight excluding hydrogens is 356 g/mol. The summed E-state index contributed by atoms with van der Waals surface area (Å²) >= 11 is 0. The van der Waals surface area contributed by atoms with Crippen LogP contribution in [0.25, 0.3) is 22.4 Å². The second kappa shape index (κ2) is 6.99. The minimum absolute atomic E-state index is 0.143. The van der Waals surface area contributed by atoms with E-state index in [0.717, 1.165) is 29.3 Å². The average Bonchev–Trinajstić information content (AvgIpc) is 3.49. The maximum atomic E-state index is 12.8. The fraction of sp³-hybridized carbons (Fsp3) is 0.286. The fourth-order valence-corrected chi connectivity index (χ4v) is 3.80. The number of benzene rings is 1. The number of carbonyl (C=O) groups excluding carboxylic acids is 1. The number of rotatable bonds is 4. The molecule has 3 aromatic heterocycles. The van der Waals surface area contributed by atoms with Crippen molar-refractivity contribution in [3.05, 3.63) is 61.0 Å². The molecule has 0 spiro atoms. The van der Waals surface area contributed by atoms with Gasteiger partial charge in [0.05, 0.1) is 11.8 Å². The van der Waals surface area contributed by atoms with Gasteiger partial charge in [-0.2, -0.15) is 0 Å². The van der Waals surface area contributed by atoms with Gasteiger partial charge in [0.2, 0.25) is 11.8 Å². The van der Waals surface area contributed by atoms with Crippen LogP contribution in [-0.2, 0) is 11.3 Å². The molecule has 1 saturated heterocycles. The second-order valence-corrected chi connectivity index (χ2v) is 7.11. The van der Waals surface area contributed by atoms with E-state index in [4.69, 9.17) is 8.83 Å². The Labute approximate surface area is 161 Å². The molecule has 0 bridgehead atoms. The van der Waals surface area contributed by atoms with Gasteiger partial charge in [0.25, 0.3) is 5.89 Å². The molecule has 4 aromatic rings. The summed E-state index contributed by atoms with van der Waals surface area (Å²) in [6.45, 7) is 1.77. The standard InChI is InChI=1S/C21H20N4O3/c26-19(13-25-11-5-15-3-1-2-4-18(15)25)24-9-6-16(7-10-24)20-22-23-21(28-20)17-8-12-27-14-17/h1-5,8,11-12,14,16H,6-7,9-10,13H2. The summed E-state index contributed by atoms with van der Waals surface area (Å²) in [5.74, 6) is 1.44. The molecule has 0 unspecified atom stereocenters. The van der Waals surface area contributed by atoms with E-state index in [-0.39, 0.29) is 11.8 Å². The summed E-state index contributed by atoms with van der Waals surface area (Å²) in [5, 5.41) is 9.45. The Morgan fingerprint density at radius 1 is 1.11 bits per heavy atom. The highest BCUT2D eigenvalue weighted by Crippen LogP contribution is 2.29. The van der Waals surface area contributed by atoms with E-state index in [1.54, 1.807) is 18.6 Å². The summed E-state index contributed by atoms with van der Waals surface area (Å²) in [4.78, 5) is 14.7. The molecule has 28 heavy (non-hydrogen) atoms. The van der Waals surface area contributed by atoms with Crippen LogP contribution in [0.4, 0.5) is 0 Å². The molecule has 1 aliphatic rings. The first-order valence-electron chi connectivity index (χ1n) is 9.45. The zero-order chi connectivity index (χ0) is 18.9. The van der Waals surface area contributed by atoms with Crippen LogP contribution < -0.4 is 0 Å². The van der Waals surface area contributed by atoms with Crippen LogP contribution in [0.1, 0.15) is 24.7 Å². The Bertz CT molecular complexity index is 1090. The summed E-state index contributed by atoms with van der Waals surface area (Å²) in [6, 6.07) is 11.9. The van der Waals surface area contributed by atoms with Gasteiger partial charge in [-0.3, -0.25) is 4.79 Å². The first-order valence-corrected chi connectivity index (χ1v) is 9.45. The van der Waals surface area contributed by atoms with Gasteiger partial charge in [-0.05, 0) is 36.4 Å². The third-order valence-corrected chi connectivity index (χ3v) is 5.39. The lowest BCUT2D eigenvalue weighted by atomic mass is 9.97. The second-order valence-electron chi connectivity index (χ2n) is 7.11. The van der Waals surface area contributed by atoms with Gasteiger partial charge in [-0.15, -0.1) is 10.2 Å². The van der Waals surface area contributed by atoms with Crippen molar-refractivity contribution in [2.75, 3.05) is 13.1 Å². The highest BCUT2D eigenvalue weighted by Gasteiger charge is 2.27. The van der Waals surface area contributed by atoms with Crippen molar-refractivity contribution in [2.24, 2.45) is 0 Å². The molecule has 7 heteroatoms. The van der Waals surface area contributed by atoms with Crippen LogP contribution in [0, 0.1) is 0 Å². The number of hydrogen-bond donors (Lipinski definition) is 0. The van der Waals surface area contributed by atoms with Gasteiger partial charge in [0.1, 0.15) is 12.8 Å². The third kappa shape index (κ3) is 3.09. The Morgan fingerprint density at radius 2 is 1.96 bits per heavy atom. The number of nitrogens with zero attached hydrogens (tertiary/aromatic N) is 4. The maximum Gasteiger partial charge on any atom is 0.250 e. The van der Waals surface area contributed by atoms with Crippen LogP contribution in [0.15, 0.2) is 64.0 Å². The monoisotopic (exact) mass is 376 g/mol. The minimum Gasteiger partial charge on any atom is -0.472 e. The number of piperidine rings is 1. The lowest BCUT2D eigenvalue weighted by molar-refractivity contribution is -0.132. The van der Waals surface area contributed by atoms with Crippen molar-refractivity contribution >= 4 is 16.8 Å². The fourth-order valence-electron chi connectivity index (χ4n) is 3.80. The van der Waals surface area contributed by atoms with Gasteiger partial charge in [-0.1, -0.05) is 18.2 Å². The minimum atomic E-state index is 0.143. The third-order valence-electron chi connectivity index (χ3n) is 5.39. The van der Waals surface area contributed by atoms with E-state index in [0.29, 0.717) is 31.4 Å². The number of para-hydroxylation sites is 1. The number of carbonyl (C=O) groups is 1. The lowest BCUT2D eigenvalue weighted by Gasteiger charge is -2.30. The number of likely N-dealkylation sites (tertiary alicyclic amines) is 1. The van der Waals surface area contributed by atoms with Crippen LogP contribution >= 0.6 is 0 Å². The van der Waals surface area contributed by atoms with Crippen LogP contribution in [0.3, 0.4) is 0 Å². The first kappa shape index (κ1) is 16.8. The van der Waals surface area contributed by atoms with Crippen molar-refractivity contribution < 1.29 is 13.6 Å². The Morgan fingerprint density at radius 3 is 2.79 bits per heavy atom. The SMILES string of the molecule is O=C(Cn1ccc2ccccc21)N1CCC(c2nnc(-c3ccoc3)o2)CC1. The molecule has 0 N–H and O–H groups in total. The molecule has 5 rings (SSSR count). The number of hydrogen-bond acceptors (Lipinski definition) is 5. The van der Waals surface area contributed by atoms with E-state index in [2.05, 4.69) is 16.3 Å². The first-order chi connectivity index (χ1) is 13.8. The molecule has 1 aromatic carbocycles. The largest absolute Gasteiger partial charge is 0.472 e. The van der Waals surface area contributed by atoms with Crippen LogP contribution in [0.5, 0.6) is 0 Å². The molecule has 0 aliphatic carbocycles. The van der Waals surface area contributed by atoms with Crippen molar-refractivity contribution in [1.29, 1.82) is 0 Å². The van der Waals surface area contributed by atoms with Crippen molar-refractivity contribution in [1.82, 2.24) is 19.7 Å². The zero-order valence-corrected chi connectivity index (χ0v) is 15.3. The molecular formula is C21H20N4O3. The quantitative estimate of drug-likeness (QED) is 0.543. The van der Waals surface area contributed by atoms with Gasteiger partial charge < -0.3 is 18.3 Å². The summed E-state index contributed by atoms with van der Waals surface area (Å²) in [5.41, 5.74) is 1.87. The number of fused-ring (bicyclic) bond motifs is 1. The predicted molar refractivity (Wildman–Crippen MR) is 102 cm³/mol. The highest BCUT2D eigenvalue weighted by molar-refractivity contribution is 5.83. The average molecular weight is 376 g/mol. The lowest BCUT2D eigenvalue weighted by Crippen LogP contribution is -2.39. The Kier molecular flexibility index (Phi) is 4.20. The smallest absolute Gasteiger partial charge is 0.250 e. The molecule has 4 heterocycles. The Balaban J connectivity index is 1.21. The maximum absolute atomic E-state index is 12.8. The van der Waals surface area contributed by atoms with Crippen molar-refractivity contribution in [3.63, 3.8) is 0 Å². The van der Waals surface area contributed by atoms with Crippen molar-refractivity contribution in [2.45, 2.75) is 25.3 Å². The van der Waals surface area contributed by atoms with Gasteiger partial charge in [0.15, 0.2) is 0 Å². The summed E-state index contributed by atoms with van der Waals surface area (Å²) < 4.78 is 12.9. The van der Waals surface area contributed by atoms with E-state index in [1.807, 2.05) is 39.9 Å². The molecule has 0 radical (unpaired) electrons. The van der Waals surface area contributed by atoms with E-state index in [1.165, 1.54) is 0 Å². The Hall–Kier alpha value is -3.35. The van der Waals surface area contributed by atoms with Crippen molar-refractivity contribution in [3.8, 4) is 11.5 Å². The topological polar surface area (TPSA) is 77.3 Å². The summed E-state index contributed by atoms with van der Waals surface area (Å²) in [7, 11) is 0. The molecule has 0 saturated carbocycles. The molecule has 142 valence electrons. The molecule has 1 fully saturated rings. The molecule has 7 nitrogen and oxygen atoms in total. The van der Waals surface area contributed by atoms with Crippen LogP contribution in [-0.4, -0.2) is 38.7 Å². The predicted octanol–water partition coefficient (Wildman–Crippen LogP) is 3.69. The number of furan rings is 1. The van der Waals surface area contributed by atoms with Gasteiger partial charge >= 0.3 is 0 Å². The van der Waals surface area contributed by atoms with E-state index >= 15 is 0 Å². The normalized spacial score (nSPS) is 15.4. The molecule has 1 aliphatic heterocycles. The van der Waals surface area contributed by atoms with Gasteiger partial charge in [-0.25, -0.2) is 0 Å². The summed E-state index contributed by atoms with van der Waals surface area (Å²) in [6.07, 6.45) is 6.79. The van der Waals surface area contributed by atoms with Crippen LogP contribution in [0.2, 0.25) is 0 Å². The number of aromatic nitrogens is 3. The zero-order valence-electron chi connectivity index (χ0n) is 15.3. The van der Waals surface area contributed by atoms with E-state index < -0.39 is 0 Å². The molecule has 0 atom stereocenters. The number of amides is 1. The van der Waals surface area contributed by atoms with Gasteiger partial charge in [0, 0.05) is 30.7 Å². The van der Waals surface area contributed by atoms with E-state index in [9.17, 15) is 4.79 Å². The highest BCUT2D eigenvalue weighted by atomic mass is 16.4.